The van der Waals surface area contributed by atoms with Crippen LogP contribution in [0.2, 0.25) is 18.1 Å². The number of amides is 1. The number of carbonyl (C=O) groups is 2. The van der Waals surface area contributed by atoms with Gasteiger partial charge in [-0.05, 0) is 56.3 Å². The standard InChI is InChI=1S/C30H45N3O7Si/c1-7-33-25(35)24(34)23(26(36)37)31-27(33)30(15-11-12-20-40-41(5,6)29(2,3)4)16-18-32(19-17-30)28(38)39-21-22-13-9-8-10-14-22/h8-10,13-14,34H,7,11-12,15-21H2,1-6H3,(H,36,37). The lowest BCUT2D eigenvalue weighted by Crippen LogP contribution is -2.48. The number of carboxylic acids is 1. The Morgan fingerprint density at radius 1 is 1.10 bits per heavy atom. The van der Waals surface area contributed by atoms with Crippen molar-refractivity contribution in [3.05, 3.63) is 57.8 Å². The van der Waals surface area contributed by atoms with Gasteiger partial charge in [0.05, 0.1) is 0 Å². The maximum Gasteiger partial charge on any atom is 0.410 e. The lowest BCUT2D eigenvalue weighted by Gasteiger charge is -2.42. The van der Waals surface area contributed by atoms with E-state index in [1.807, 2.05) is 30.3 Å². The van der Waals surface area contributed by atoms with Crippen LogP contribution in [0.25, 0.3) is 0 Å². The van der Waals surface area contributed by atoms with Crippen molar-refractivity contribution < 1.29 is 29.0 Å². The highest BCUT2D eigenvalue weighted by molar-refractivity contribution is 6.74. The van der Waals surface area contributed by atoms with Crippen molar-refractivity contribution in [2.75, 3.05) is 19.7 Å². The third kappa shape index (κ3) is 7.56. The van der Waals surface area contributed by atoms with Gasteiger partial charge in [0.1, 0.15) is 12.4 Å². The van der Waals surface area contributed by atoms with E-state index in [4.69, 9.17) is 9.16 Å². The Balaban J connectivity index is 1.81. The van der Waals surface area contributed by atoms with Crippen LogP contribution in [0.1, 0.15) is 81.7 Å². The molecule has 0 unspecified atom stereocenters. The zero-order valence-corrected chi connectivity index (χ0v) is 26.2. The highest BCUT2D eigenvalue weighted by atomic mass is 28.4. The molecule has 1 fully saturated rings. The molecule has 0 bridgehead atoms. The molecular weight excluding hydrogens is 542 g/mol. The number of hydrogen-bond acceptors (Lipinski definition) is 7. The van der Waals surface area contributed by atoms with Gasteiger partial charge in [0.2, 0.25) is 5.75 Å². The maximum absolute atomic E-state index is 13.0. The lowest BCUT2D eigenvalue weighted by atomic mass is 9.73. The van der Waals surface area contributed by atoms with Gasteiger partial charge in [-0.3, -0.25) is 9.36 Å². The van der Waals surface area contributed by atoms with Crippen LogP contribution < -0.4 is 5.56 Å². The molecule has 0 aliphatic carbocycles. The minimum Gasteiger partial charge on any atom is -0.501 e. The van der Waals surface area contributed by atoms with Crippen molar-refractivity contribution >= 4 is 20.4 Å². The van der Waals surface area contributed by atoms with Crippen molar-refractivity contribution in [2.24, 2.45) is 0 Å². The van der Waals surface area contributed by atoms with Crippen LogP contribution in [0.3, 0.4) is 0 Å². The van der Waals surface area contributed by atoms with Gasteiger partial charge >= 0.3 is 12.1 Å². The molecule has 226 valence electrons. The fourth-order valence-corrected chi connectivity index (χ4v) is 6.10. The summed E-state index contributed by atoms with van der Waals surface area (Å²) in [5.74, 6) is -1.96. The molecule has 0 spiro atoms. The zero-order chi connectivity index (χ0) is 30.4. The SMILES string of the molecule is CCn1c(C2(CCCCO[Si](C)(C)C(C)(C)C)CCN(C(=O)OCc3ccccc3)CC2)nc(C(=O)O)c(O)c1=O. The van der Waals surface area contributed by atoms with E-state index < -0.39 is 42.8 Å². The van der Waals surface area contributed by atoms with E-state index >= 15 is 0 Å². The molecule has 1 aliphatic rings. The van der Waals surface area contributed by atoms with Crippen LogP contribution in [0, 0.1) is 0 Å². The van der Waals surface area contributed by atoms with Crippen LogP contribution in [-0.2, 0) is 27.7 Å². The number of carboxylic acid groups (broad SMARTS) is 1. The first-order valence-electron chi connectivity index (χ1n) is 14.4. The number of unbranched alkanes of at least 4 members (excludes halogenated alkanes) is 1. The highest BCUT2D eigenvalue weighted by Gasteiger charge is 2.42. The van der Waals surface area contributed by atoms with Gasteiger partial charge in [-0.2, -0.15) is 0 Å². The Hall–Kier alpha value is -3.18. The second-order valence-electron chi connectivity index (χ2n) is 12.4. The number of piperidine rings is 1. The molecule has 0 atom stereocenters. The molecule has 1 amide bonds. The number of ether oxygens (including phenoxy) is 1. The highest BCUT2D eigenvalue weighted by Crippen LogP contribution is 2.40. The topological polar surface area (TPSA) is 131 Å². The fourth-order valence-electron chi connectivity index (χ4n) is 5.01. The number of likely N-dealkylation sites (tertiary alicyclic amines) is 1. The molecule has 11 heteroatoms. The first-order chi connectivity index (χ1) is 19.2. The Morgan fingerprint density at radius 3 is 2.29 bits per heavy atom. The summed E-state index contributed by atoms with van der Waals surface area (Å²) in [7, 11) is -1.89. The molecule has 10 nitrogen and oxygen atoms in total. The van der Waals surface area contributed by atoms with Crippen LogP contribution in [0.15, 0.2) is 35.1 Å². The summed E-state index contributed by atoms with van der Waals surface area (Å²) in [6, 6.07) is 9.46. The minimum atomic E-state index is -1.89. The van der Waals surface area contributed by atoms with Crippen molar-refractivity contribution in [1.29, 1.82) is 0 Å². The molecule has 1 aromatic heterocycles. The summed E-state index contributed by atoms with van der Waals surface area (Å²) in [6.45, 7) is 14.6. The molecular formula is C30H45N3O7Si. The van der Waals surface area contributed by atoms with Gasteiger partial charge in [0, 0.05) is 31.7 Å². The van der Waals surface area contributed by atoms with Crippen molar-refractivity contribution in [1.82, 2.24) is 14.5 Å². The number of aromatic hydroxyl groups is 1. The number of aromatic carboxylic acids is 1. The number of aromatic nitrogens is 2. The van der Waals surface area contributed by atoms with Crippen LogP contribution in [-0.4, -0.2) is 64.7 Å². The van der Waals surface area contributed by atoms with E-state index in [-0.39, 0.29) is 18.2 Å². The predicted octanol–water partition coefficient (Wildman–Crippen LogP) is 5.53. The van der Waals surface area contributed by atoms with Crippen LogP contribution >= 0.6 is 0 Å². The van der Waals surface area contributed by atoms with Gasteiger partial charge in [0.25, 0.3) is 5.56 Å². The van der Waals surface area contributed by atoms with Crippen molar-refractivity contribution in [3.8, 4) is 5.75 Å². The van der Waals surface area contributed by atoms with Crippen LogP contribution in [0.4, 0.5) is 4.79 Å². The largest absolute Gasteiger partial charge is 0.501 e. The second kappa shape index (κ2) is 13.2. The van der Waals surface area contributed by atoms with Gasteiger partial charge in [0.15, 0.2) is 14.0 Å². The third-order valence-electron chi connectivity index (χ3n) is 8.64. The van der Waals surface area contributed by atoms with Gasteiger partial charge < -0.3 is 24.3 Å². The number of hydrogen-bond donors (Lipinski definition) is 2. The third-order valence-corrected chi connectivity index (χ3v) is 13.2. The number of nitrogens with zero attached hydrogens (tertiary/aromatic N) is 3. The Kier molecular flexibility index (Phi) is 10.4. The average molecular weight is 588 g/mol. The smallest absolute Gasteiger partial charge is 0.410 e. The van der Waals surface area contributed by atoms with E-state index in [2.05, 4.69) is 38.8 Å². The summed E-state index contributed by atoms with van der Waals surface area (Å²) in [6.07, 6.45) is 2.76. The number of benzene rings is 1. The molecule has 2 N–H and O–H groups in total. The van der Waals surface area contributed by atoms with Gasteiger partial charge in [-0.15, -0.1) is 0 Å². The monoisotopic (exact) mass is 587 g/mol. The van der Waals surface area contributed by atoms with Gasteiger partial charge in [-0.1, -0.05) is 57.5 Å². The molecule has 2 heterocycles. The minimum absolute atomic E-state index is 0.108. The van der Waals surface area contributed by atoms with E-state index in [9.17, 15) is 24.6 Å². The first-order valence-corrected chi connectivity index (χ1v) is 17.3. The Labute approximate surface area is 243 Å². The molecule has 3 rings (SSSR count). The summed E-state index contributed by atoms with van der Waals surface area (Å²) in [5.41, 5.74) is -1.16. The summed E-state index contributed by atoms with van der Waals surface area (Å²) >= 11 is 0. The maximum atomic E-state index is 13.0. The molecule has 2 aromatic rings. The first kappa shape index (κ1) is 32.3. The summed E-state index contributed by atoms with van der Waals surface area (Å²) in [5, 5.41) is 20.1. The lowest BCUT2D eigenvalue weighted by molar-refractivity contribution is 0.0681. The molecule has 0 saturated carbocycles. The average Bonchev–Trinajstić information content (AvgIpc) is 2.92. The summed E-state index contributed by atoms with van der Waals surface area (Å²) < 4.78 is 13.3. The Bertz CT molecular complexity index is 1260. The van der Waals surface area contributed by atoms with Crippen molar-refractivity contribution in [3.63, 3.8) is 0 Å². The van der Waals surface area contributed by atoms with E-state index in [1.165, 1.54) is 4.57 Å². The second-order valence-corrected chi connectivity index (χ2v) is 17.2. The van der Waals surface area contributed by atoms with E-state index in [1.54, 1.807) is 11.8 Å². The molecule has 1 aliphatic heterocycles. The van der Waals surface area contributed by atoms with Crippen LogP contribution in [0.5, 0.6) is 5.75 Å². The quantitative estimate of drug-likeness (QED) is 0.259. The fraction of sp³-hybridized carbons (Fsp3) is 0.600. The molecule has 0 radical (unpaired) electrons. The molecule has 1 saturated heterocycles. The summed E-state index contributed by atoms with van der Waals surface area (Å²) in [4.78, 5) is 43.8. The predicted molar refractivity (Wildman–Crippen MR) is 159 cm³/mol. The van der Waals surface area contributed by atoms with Gasteiger partial charge in [-0.25, -0.2) is 14.6 Å². The molecule has 1 aromatic carbocycles. The van der Waals surface area contributed by atoms with Crippen molar-refractivity contribution in [2.45, 2.75) is 96.5 Å². The normalized spacial score (nSPS) is 15.5. The zero-order valence-electron chi connectivity index (χ0n) is 25.2. The van der Waals surface area contributed by atoms with E-state index in [0.29, 0.717) is 44.8 Å². The Morgan fingerprint density at radius 2 is 1.73 bits per heavy atom. The van der Waals surface area contributed by atoms with E-state index in [0.717, 1.165) is 18.4 Å². The number of carbonyl (C=O) groups excluding carboxylic acids is 1. The number of rotatable bonds is 11. The molecule has 41 heavy (non-hydrogen) atoms.